The molecule has 4 heteroatoms. The van der Waals surface area contributed by atoms with Gasteiger partial charge in [-0.3, -0.25) is 0 Å². The maximum absolute atomic E-state index is 10.7. The third-order valence-corrected chi connectivity index (χ3v) is 6.73. The molecule has 2 aliphatic heterocycles. The largest absolute Gasteiger partial charge is 0.388 e. The molecule has 136 valence electrons. The number of fused-ring (bicyclic) bond motifs is 1. The number of allylic oxidation sites excluding steroid dienone is 2. The van der Waals surface area contributed by atoms with Gasteiger partial charge < -0.3 is 19.7 Å². The maximum atomic E-state index is 10.7. The quantitative estimate of drug-likeness (QED) is 0.611. The summed E-state index contributed by atoms with van der Waals surface area (Å²) < 4.78 is 11.8. The zero-order valence-corrected chi connectivity index (χ0v) is 15.4. The van der Waals surface area contributed by atoms with Gasteiger partial charge >= 0.3 is 0 Å². The molecule has 0 bridgehead atoms. The van der Waals surface area contributed by atoms with Gasteiger partial charge in [-0.1, -0.05) is 25.2 Å². The van der Waals surface area contributed by atoms with Crippen molar-refractivity contribution in [1.82, 2.24) is 0 Å². The summed E-state index contributed by atoms with van der Waals surface area (Å²) >= 11 is 0. The van der Waals surface area contributed by atoms with Gasteiger partial charge in [0.1, 0.15) is 5.60 Å². The summed E-state index contributed by atoms with van der Waals surface area (Å²) in [7, 11) is 0. The first-order valence-electron chi connectivity index (χ1n) is 9.07. The molecule has 0 spiro atoms. The SMILES string of the molecule is C=C[C@@]1(C)CC[C@H]([C@]23O[C@H]2C[C@H](C(C)(C)O)O[C@H]3O)C[C@@H]1C(=C)C. The molecule has 3 aliphatic rings. The molecule has 0 aromatic rings. The maximum Gasteiger partial charge on any atom is 0.187 e. The predicted octanol–water partition coefficient (Wildman–Crippen LogP) is 3.19. The van der Waals surface area contributed by atoms with Crippen molar-refractivity contribution < 1.29 is 19.7 Å². The minimum atomic E-state index is -0.979. The van der Waals surface area contributed by atoms with E-state index in [2.05, 4.69) is 33.1 Å². The van der Waals surface area contributed by atoms with Crippen LogP contribution in [0.3, 0.4) is 0 Å². The van der Waals surface area contributed by atoms with Crippen molar-refractivity contribution in [2.75, 3.05) is 0 Å². The highest BCUT2D eigenvalue weighted by Gasteiger charge is 2.70. The molecule has 0 aromatic carbocycles. The van der Waals surface area contributed by atoms with Gasteiger partial charge in [-0.05, 0) is 57.3 Å². The third-order valence-electron chi connectivity index (χ3n) is 6.73. The van der Waals surface area contributed by atoms with Gasteiger partial charge in [0, 0.05) is 6.42 Å². The summed E-state index contributed by atoms with van der Waals surface area (Å²) in [6, 6.07) is 0. The minimum Gasteiger partial charge on any atom is -0.388 e. The van der Waals surface area contributed by atoms with Gasteiger partial charge in [-0.25, -0.2) is 0 Å². The van der Waals surface area contributed by atoms with Crippen LogP contribution in [-0.2, 0) is 9.47 Å². The lowest BCUT2D eigenvalue weighted by atomic mass is 9.59. The second kappa shape index (κ2) is 5.66. The lowest BCUT2D eigenvalue weighted by molar-refractivity contribution is -0.232. The molecule has 7 atom stereocenters. The molecule has 0 amide bonds. The summed E-state index contributed by atoms with van der Waals surface area (Å²) in [6.07, 6.45) is 4.22. The number of aliphatic hydroxyl groups excluding tert-OH is 1. The second-order valence-electron chi connectivity index (χ2n) is 8.91. The smallest absolute Gasteiger partial charge is 0.187 e. The minimum absolute atomic E-state index is 0.0264. The molecule has 3 fully saturated rings. The van der Waals surface area contributed by atoms with Crippen LogP contribution in [0.25, 0.3) is 0 Å². The zero-order valence-electron chi connectivity index (χ0n) is 15.4. The lowest BCUT2D eigenvalue weighted by Gasteiger charge is -2.47. The standard InChI is InChI=1S/C20H32O4/c1-7-19(6)9-8-13(10-14(19)12(2)3)20-16(24-20)11-15(18(4,5)22)23-17(20)21/h7,13-17,21-22H,1-2,8-11H2,3-6H3/t13-,14+,15+,16-,17+,19-,20-/m0/s1. The first kappa shape index (κ1) is 18.1. The lowest BCUT2D eigenvalue weighted by Crippen LogP contribution is -2.54. The zero-order chi connectivity index (χ0) is 17.9. The van der Waals surface area contributed by atoms with Gasteiger partial charge in [-0.2, -0.15) is 0 Å². The van der Waals surface area contributed by atoms with E-state index in [1.807, 2.05) is 0 Å². The van der Waals surface area contributed by atoms with Gasteiger partial charge in [0.2, 0.25) is 0 Å². The molecule has 1 saturated carbocycles. The second-order valence-corrected chi connectivity index (χ2v) is 8.91. The Balaban J connectivity index is 1.77. The molecule has 0 unspecified atom stereocenters. The number of aliphatic hydroxyl groups is 2. The fraction of sp³-hybridized carbons (Fsp3) is 0.800. The van der Waals surface area contributed by atoms with E-state index in [4.69, 9.17) is 9.47 Å². The first-order chi connectivity index (χ1) is 11.0. The highest BCUT2D eigenvalue weighted by molar-refractivity contribution is 5.19. The molecule has 24 heavy (non-hydrogen) atoms. The van der Waals surface area contributed by atoms with E-state index in [0.29, 0.717) is 12.3 Å². The summed E-state index contributed by atoms with van der Waals surface area (Å²) in [5.41, 5.74) is -0.360. The highest BCUT2D eigenvalue weighted by atomic mass is 16.7. The van der Waals surface area contributed by atoms with E-state index in [1.165, 1.54) is 0 Å². The third kappa shape index (κ3) is 2.68. The summed E-state index contributed by atoms with van der Waals surface area (Å²) in [4.78, 5) is 0. The van der Waals surface area contributed by atoms with Crippen LogP contribution >= 0.6 is 0 Å². The van der Waals surface area contributed by atoms with Crippen LogP contribution in [0.2, 0.25) is 0 Å². The molecule has 0 aromatic heterocycles. The predicted molar refractivity (Wildman–Crippen MR) is 93.3 cm³/mol. The van der Waals surface area contributed by atoms with Crippen LogP contribution in [0, 0.1) is 17.3 Å². The van der Waals surface area contributed by atoms with Gasteiger partial charge in [0.15, 0.2) is 6.29 Å². The van der Waals surface area contributed by atoms with Gasteiger partial charge in [-0.15, -0.1) is 6.58 Å². The van der Waals surface area contributed by atoms with Crippen LogP contribution in [0.4, 0.5) is 0 Å². The van der Waals surface area contributed by atoms with E-state index in [9.17, 15) is 10.2 Å². The van der Waals surface area contributed by atoms with Crippen molar-refractivity contribution in [2.45, 2.75) is 83.1 Å². The molecule has 0 radical (unpaired) electrons. The molecular formula is C20H32O4. The number of rotatable bonds is 4. The monoisotopic (exact) mass is 336 g/mol. The molecule has 1 aliphatic carbocycles. The summed E-state index contributed by atoms with van der Waals surface area (Å²) in [6.45, 7) is 16.0. The van der Waals surface area contributed by atoms with E-state index < -0.39 is 23.6 Å². The molecule has 4 nitrogen and oxygen atoms in total. The van der Waals surface area contributed by atoms with Crippen molar-refractivity contribution in [1.29, 1.82) is 0 Å². The van der Waals surface area contributed by atoms with Crippen LogP contribution < -0.4 is 0 Å². The average molecular weight is 336 g/mol. The van der Waals surface area contributed by atoms with E-state index in [-0.39, 0.29) is 17.4 Å². The fourth-order valence-electron chi connectivity index (χ4n) is 4.94. The Hall–Kier alpha value is -0.680. The number of epoxide rings is 1. The van der Waals surface area contributed by atoms with Gasteiger partial charge in [0.25, 0.3) is 0 Å². The Kier molecular flexibility index (Phi) is 4.28. The summed E-state index contributed by atoms with van der Waals surface area (Å²) in [5.74, 6) is 0.585. The number of ether oxygens (including phenoxy) is 2. The first-order valence-corrected chi connectivity index (χ1v) is 9.07. The topological polar surface area (TPSA) is 62.2 Å². The van der Waals surface area contributed by atoms with Crippen LogP contribution in [-0.4, -0.2) is 39.9 Å². The molecule has 2 saturated heterocycles. The Morgan fingerprint density at radius 3 is 2.50 bits per heavy atom. The van der Waals surface area contributed by atoms with Gasteiger partial charge in [0.05, 0.1) is 17.8 Å². The highest BCUT2D eigenvalue weighted by Crippen LogP contribution is 2.60. The van der Waals surface area contributed by atoms with E-state index >= 15 is 0 Å². The Morgan fingerprint density at radius 1 is 1.33 bits per heavy atom. The average Bonchev–Trinajstić information content (AvgIpc) is 3.22. The van der Waals surface area contributed by atoms with Crippen molar-refractivity contribution in [3.63, 3.8) is 0 Å². The molecule has 2 N–H and O–H groups in total. The number of hydrogen-bond acceptors (Lipinski definition) is 4. The van der Waals surface area contributed by atoms with Crippen molar-refractivity contribution in [3.05, 3.63) is 24.8 Å². The Labute approximate surface area is 145 Å². The Bertz CT molecular complexity index is 536. The van der Waals surface area contributed by atoms with E-state index in [1.54, 1.807) is 13.8 Å². The normalized spacial score (nSPS) is 48.5. The summed E-state index contributed by atoms with van der Waals surface area (Å²) in [5, 5.41) is 20.9. The van der Waals surface area contributed by atoms with Crippen molar-refractivity contribution in [3.8, 4) is 0 Å². The van der Waals surface area contributed by atoms with Crippen LogP contribution in [0.1, 0.15) is 53.4 Å². The van der Waals surface area contributed by atoms with Crippen molar-refractivity contribution in [2.24, 2.45) is 17.3 Å². The van der Waals surface area contributed by atoms with Crippen LogP contribution in [0.5, 0.6) is 0 Å². The van der Waals surface area contributed by atoms with Crippen molar-refractivity contribution >= 4 is 0 Å². The molecular weight excluding hydrogens is 304 g/mol. The molecule has 3 rings (SSSR count). The fourth-order valence-corrected chi connectivity index (χ4v) is 4.94. The number of hydrogen-bond donors (Lipinski definition) is 2. The van der Waals surface area contributed by atoms with E-state index in [0.717, 1.165) is 24.8 Å². The van der Waals surface area contributed by atoms with Crippen LogP contribution in [0.15, 0.2) is 24.8 Å². The Morgan fingerprint density at radius 2 is 2.00 bits per heavy atom. The molecule has 2 heterocycles.